The largest absolute Gasteiger partial charge is 0.508 e. The summed E-state index contributed by atoms with van der Waals surface area (Å²) in [6.07, 6.45) is -2.58. The van der Waals surface area contributed by atoms with Gasteiger partial charge in [-0.25, -0.2) is 4.79 Å². The highest BCUT2D eigenvalue weighted by molar-refractivity contribution is 6.24. The number of likely N-dealkylation sites (N-methyl/N-ethyl adjacent to an activating group) is 1. The minimum absolute atomic E-state index is 0.201. The number of primary amides is 1. The van der Waals surface area contributed by atoms with Crippen molar-refractivity contribution in [2.45, 2.75) is 57.0 Å². The number of ketones is 2. The molecule has 15 nitrogen and oxygen atoms in total. The number of alkyl carbamates (subject to hydrolysis) is 1. The molecule has 3 aliphatic carbocycles. The molecule has 3 amide bonds. The lowest BCUT2D eigenvalue weighted by Crippen LogP contribution is -2.70. The lowest BCUT2D eigenvalue weighted by molar-refractivity contribution is -0.169. The molecule has 4 unspecified atom stereocenters. The molecule has 4 rings (SSSR count). The summed E-state index contributed by atoms with van der Waals surface area (Å²) in [5, 5.41) is 61.5. The molecule has 0 radical (unpaired) electrons. The van der Waals surface area contributed by atoms with Crippen molar-refractivity contribution >= 4 is 40.9 Å². The van der Waals surface area contributed by atoms with Gasteiger partial charge in [0, 0.05) is 11.5 Å². The van der Waals surface area contributed by atoms with E-state index in [1.54, 1.807) is 27.7 Å². The first-order valence-corrected chi connectivity index (χ1v) is 13.7. The van der Waals surface area contributed by atoms with E-state index < -0.39 is 106 Å². The Labute approximate surface area is 252 Å². The number of benzene rings is 1. The second-order valence-corrected chi connectivity index (χ2v) is 12.4. The van der Waals surface area contributed by atoms with E-state index in [2.05, 4.69) is 10.6 Å². The minimum Gasteiger partial charge on any atom is -0.508 e. The average Bonchev–Trinajstić information content (AvgIpc) is 2.89. The SMILES string of the molecule is CC1c2ccc(NC(=O)CNC(=O)OC(C)(C)C)c(O)c2C(O)=C2C(=O)[C@]3(O)C(O)=C(C(N)=O)C(=O)[C@@H](N(C)C)C3C(O)C21. The van der Waals surface area contributed by atoms with Crippen molar-refractivity contribution in [3.05, 3.63) is 40.2 Å². The first-order valence-electron chi connectivity index (χ1n) is 13.7. The van der Waals surface area contributed by atoms with Gasteiger partial charge in [-0.1, -0.05) is 13.0 Å². The molecule has 1 aromatic carbocycles. The number of phenolic OH excluding ortho intramolecular Hbond substituents is 1. The second kappa shape index (κ2) is 10.9. The number of hydrogen-bond acceptors (Lipinski definition) is 12. The predicted octanol–water partition coefficient (Wildman–Crippen LogP) is -0.0410. The average molecular weight is 617 g/mol. The Morgan fingerprint density at radius 2 is 1.73 bits per heavy atom. The van der Waals surface area contributed by atoms with E-state index in [9.17, 15) is 49.5 Å². The molecule has 15 heteroatoms. The number of carbonyl (C=O) groups excluding carboxylic acids is 5. The zero-order valence-electron chi connectivity index (χ0n) is 25.0. The highest BCUT2D eigenvalue weighted by Crippen LogP contribution is 2.56. The maximum absolute atomic E-state index is 14.0. The van der Waals surface area contributed by atoms with Crippen LogP contribution in [0.5, 0.6) is 5.75 Å². The van der Waals surface area contributed by atoms with Crippen molar-refractivity contribution in [3.8, 4) is 5.75 Å². The van der Waals surface area contributed by atoms with Crippen LogP contribution in [0.2, 0.25) is 0 Å². The van der Waals surface area contributed by atoms with Crippen LogP contribution in [0.1, 0.15) is 44.7 Å². The number of carbonyl (C=O) groups is 5. The number of Topliss-reactive ketones (excluding diaryl/α,β-unsaturated/α-hetero) is 2. The van der Waals surface area contributed by atoms with Gasteiger partial charge < -0.3 is 46.6 Å². The lowest BCUT2D eigenvalue weighted by atomic mass is 9.54. The number of nitrogens with two attached hydrogens (primary N) is 1. The zero-order valence-corrected chi connectivity index (χ0v) is 25.0. The lowest BCUT2D eigenvalue weighted by Gasteiger charge is -2.53. The van der Waals surface area contributed by atoms with Gasteiger partial charge in [-0.3, -0.25) is 24.1 Å². The Morgan fingerprint density at radius 3 is 2.27 bits per heavy atom. The minimum atomic E-state index is -3.04. The van der Waals surface area contributed by atoms with Crippen molar-refractivity contribution < 1.29 is 54.2 Å². The molecule has 9 N–H and O–H groups in total. The summed E-state index contributed by atoms with van der Waals surface area (Å²) < 4.78 is 5.07. The normalized spacial score (nSPS) is 28.2. The van der Waals surface area contributed by atoms with Gasteiger partial charge >= 0.3 is 6.09 Å². The quantitative estimate of drug-likeness (QED) is 0.160. The molecule has 1 saturated carbocycles. The van der Waals surface area contributed by atoms with Gasteiger partial charge in [-0.15, -0.1) is 0 Å². The summed E-state index contributed by atoms with van der Waals surface area (Å²) in [5.74, 6) is -11.1. The topological polar surface area (TPSA) is 249 Å². The Bertz CT molecular complexity index is 1540. The summed E-state index contributed by atoms with van der Waals surface area (Å²) in [6.45, 7) is 5.97. The Balaban J connectivity index is 1.78. The number of amides is 3. The van der Waals surface area contributed by atoms with Gasteiger partial charge in [0.25, 0.3) is 5.91 Å². The van der Waals surface area contributed by atoms with Crippen molar-refractivity contribution in [2.75, 3.05) is 26.0 Å². The highest BCUT2D eigenvalue weighted by Gasteiger charge is 2.68. The van der Waals surface area contributed by atoms with Gasteiger partial charge in [0.2, 0.25) is 11.7 Å². The van der Waals surface area contributed by atoms with Crippen LogP contribution in [0.3, 0.4) is 0 Å². The standard InChI is InChI=1S/C29H36N4O11/c1-10-11-7-8-12(32-13(34)9-31-27(42)44-28(2,3)4)20(35)15(11)21(36)16-14(10)22(37)18-19(33(5)6)23(38)17(26(30)41)25(40)29(18,43)24(16)39/h7-8,10,14,18-19,22,35-37,40,43H,9H2,1-6H3,(H2,30,41)(H,31,42)(H,32,34)/t10?,14?,18?,19-,22?,29-/m0/s1. The summed E-state index contributed by atoms with van der Waals surface area (Å²) in [6, 6.07) is 1.30. The molecule has 44 heavy (non-hydrogen) atoms. The number of anilines is 1. The van der Waals surface area contributed by atoms with Crippen molar-refractivity contribution in [3.63, 3.8) is 0 Å². The highest BCUT2D eigenvalue weighted by atomic mass is 16.6. The van der Waals surface area contributed by atoms with E-state index in [1.165, 1.54) is 31.1 Å². The fourth-order valence-electron chi connectivity index (χ4n) is 6.38. The molecule has 1 aromatic rings. The van der Waals surface area contributed by atoms with Gasteiger partial charge in [0.05, 0.1) is 29.3 Å². The maximum Gasteiger partial charge on any atom is 0.408 e. The monoisotopic (exact) mass is 616 g/mol. The van der Waals surface area contributed by atoms with E-state index in [-0.39, 0.29) is 16.8 Å². The molecule has 0 aliphatic heterocycles. The van der Waals surface area contributed by atoms with Crippen LogP contribution in [0.25, 0.3) is 5.76 Å². The van der Waals surface area contributed by atoms with Crippen molar-refractivity contribution in [1.82, 2.24) is 10.2 Å². The van der Waals surface area contributed by atoms with Crippen molar-refractivity contribution in [1.29, 1.82) is 0 Å². The van der Waals surface area contributed by atoms with E-state index in [4.69, 9.17) is 10.5 Å². The molecular weight excluding hydrogens is 580 g/mol. The first kappa shape index (κ1) is 32.4. The van der Waals surface area contributed by atoms with E-state index in [0.717, 1.165) is 0 Å². The molecule has 238 valence electrons. The third kappa shape index (κ3) is 4.96. The third-order valence-electron chi connectivity index (χ3n) is 8.20. The number of aliphatic hydroxyl groups is 4. The molecule has 3 aliphatic rings. The molecule has 0 aromatic heterocycles. The number of hydrogen-bond donors (Lipinski definition) is 8. The maximum atomic E-state index is 14.0. The Kier molecular flexibility index (Phi) is 8.04. The molecule has 6 atom stereocenters. The summed E-state index contributed by atoms with van der Waals surface area (Å²) >= 11 is 0. The third-order valence-corrected chi connectivity index (χ3v) is 8.20. The number of aromatic hydroxyl groups is 1. The van der Waals surface area contributed by atoms with Gasteiger partial charge in [0.15, 0.2) is 11.4 Å². The van der Waals surface area contributed by atoms with Gasteiger partial charge in [-0.2, -0.15) is 0 Å². The Morgan fingerprint density at radius 1 is 1.11 bits per heavy atom. The fraction of sp³-hybridized carbons (Fsp3) is 0.483. The molecule has 0 bridgehead atoms. The number of rotatable bonds is 5. The summed E-state index contributed by atoms with van der Waals surface area (Å²) in [4.78, 5) is 65.1. The second-order valence-electron chi connectivity index (χ2n) is 12.4. The molecule has 1 fully saturated rings. The number of fused-ring (bicyclic) bond motifs is 3. The predicted molar refractivity (Wildman–Crippen MR) is 153 cm³/mol. The fourth-order valence-corrected chi connectivity index (χ4v) is 6.38. The number of nitrogens with zero attached hydrogens (tertiary/aromatic N) is 1. The Hall–Kier alpha value is -4.47. The molecule has 0 spiro atoms. The number of nitrogens with one attached hydrogen (secondary N) is 2. The number of aliphatic hydroxyl groups excluding tert-OH is 3. The van der Waals surface area contributed by atoms with Crippen molar-refractivity contribution in [2.24, 2.45) is 17.6 Å². The first-order chi connectivity index (χ1) is 20.2. The van der Waals surface area contributed by atoms with Crippen LogP contribution in [0.4, 0.5) is 10.5 Å². The van der Waals surface area contributed by atoms with E-state index >= 15 is 0 Å². The summed E-state index contributed by atoms with van der Waals surface area (Å²) in [5.41, 5.74) is -0.343. The number of ether oxygens (including phenoxy) is 1. The van der Waals surface area contributed by atoms with Crippen LogP contribution in [0, 0.1) is 11.8 Å². The summed E-state index contributed by atoms with van der Waals surface area (Å²) in [7, 11) is 2.83. The molecule has 0 heterocycles. The van der Waals surface area contributed by atoms with Gasteiger partial charge in [0.1, 0.15) is 35.0 Å². The van der Waals surface area contributed by atoms with Crippen LogP contribution < -0.4 is 16.4 Å². The zero-order chi connectivity index (χ0) is 33.2. The number of phenols is 1. The van der Waals surface area contributed by atoms with Crippen LogP contribution in [-0.2, 0) is 23.9 Å². The van der Waals surface area contributed by atoms with E-state index in [0.29, 0.717) is 0 Å². The van der Waals surface area contributed by atoms with Gasteiger partial charge in [-0.05, 0) is 52.4 Å². The van der Waals surface area contributed by atoms with E-state index in [1.807, 2.05) is 0 Å². The van der Waals surface area contributed by atoms with Crippen LogP contribution >= 0.6 is 0 Å². The smallest absolute Gasteiger partial charge is 0.408 e. The van der Waals surface area contributed by atoms with Crippen LogP contribution in [0.15, 0.2) is 29.0 Å². The molecule has 0 saturated heterocycles. The van der Waals surface area contributed by atoms with Crippen LogP contribution in [-0.4, -0.2) is 104 Å². The molecular formula is C29H36N4O11.